The first-order chi connectivity index (χ1) is 8.63. The highest BCUT2D eigenvalue weighted by molar-refractivity contribution is 9.09. The van der Waals surface area contributed by atoms with Crippen LogP contribution < -0.4 is 0 Å². The van der Waals surface area contributed by atoms with E-state index in [1.54, 1.807) is 11.0 Å². The molecule has 0 bridgehead atoms. The maximum atomic E-state index is 12.3. The first-order valence-corrected chi connectivity index (χ1v) is 7.11. The van der Waals surface area contributed by atoms with Gasteiger partial charge in [-0.05, 0) is 30.9 Å². The highest BCUT2D eigenvalue weighted by Gasteiger charge is 2.25. The molecule has 1 aromatic rings. The van der Waals surface area contributed by atoms with E-state index >= 15 is 0 Å². The molecule has 2 rings (SSSR count). The average Bonchev–Trinajstić information content (AvgIpc) is 2.41. The van der Waals surface area contributed by atoms with E-state index in [2.05, 4.69) is 15.9 Å². The van der Waals surface area contributed by atoms with Crippen molar-refractivity contribution in [1.29, 1.82) is 0 Å². The van der Waals surface area contributed by atoms with Gasteiger partial charge in [-0.3, -0.25) is 4.79 Å². The summed E-state index contributed by atoms with van der Waals surface area (Å²) in [4.78, 5) is 14.0. The zero-order valence-corrected chi connectivity index (χ0v) is 11.6. The highest BCUT2D eigenvalue weighted by Crippen LogP contribution is 2.30. The second-order valence-corrected chi connectivity index (χ2v) is 5.23. The van der Waals surface area contributed by atoms with Crippen LogP contribution in [-0.2, 0) is 0 Å². The Hall–Kier alpha value is -1.23. The molecule has 98 valence electrons. The molecular formula is C13H16BrNO3. The molecule has 1 unspecified atom stereocenters. The largest absolute Gasteiger partial charge is 0.504 e. The van der Waals surface area contributed by atoms with Crippen LogP contribution in [0.3, 0.4) is 0 Å². The summed E-state index contributed by atoms with van der Waals surface area (Å²) >= 11 is 3.44. The third kappa shape index (κ3) is 2.61. The zero-order valence-electron chi connectivity index (χ0n) is 9.97. The number of benzene rings is 1. The van der Waals surface area contributed by atoms with E-state index in [1.807, 2.05) is 0 Å². The standard InChI is InChI=1S/C13H16BrNO3/c14-7-9-3-2-6-15(8-9)13(18)10-4-1-5-11(16)12(10)17/h1,4-5,9,16-17H,2-3,6-8H2. The van der Waals surface area contributed by atoms with Crippen LogP contribution in [-0.4, -0.2) is 39.4 Å². The number of nitrogens with zero attached hydrogens (tertiary/aromatic N) is 1. The Labute approximate surface area is 114 Å². The minimum absolute atomic E-state index is 0.172. The van der Waals surface area contributed by atoms with Gasteiger partial charge in [0.25, 0.3) is 5.91 Å². The lowest BCUT2D eigenvalue weighted by Gasteiger charge is -2.32. The van der Waals surface area contributed by atoms with Gasteiger partial charge in [0.15, 0.2) is 11.5 Å². The van der Waals surface area contributed by atoms with Crippen molar-refractivity contribution >= 4 is 21.8 Å². The Balaban J connectivity index is 2.18. The topological polar surface area (TPSA) is 60.8 Å². The van der Waals surface area contributed by atoms with Crippen molar-refractivity contribution < 1.29 is 15.0 Å². The van der Waals surface area contributed by atoms with E-state index in [9.17, 15) is 15.0 Å². The lowest BCUT2D eigenvalue weighted by Crippen LogP contribution is -2.40. The minimum atomic E-state index is -0.330. The van der Waals surface area contributed by atoms with E-state index in [0.29, 0.717) is 19.0 Å². The van der Waals surface area contributed by atoms with E-state index < -0.39 is 0 Å². The molecule has 0 spiro atoms. The van der Waals surface area contributed by atoms with Gasteiger partial charge in [-0.1, -0.05) is 22.0 Å². The van der Waals surface area contributed by atoms with Crippen LogP contribution in [0, 0.1) is 5.92 Å². The number of hydrogen-bond acceptors (Lipinski definition) is 3. The number of carbonyl (C=O) groups is 1. The zero-order chi connectivity index (χ0) is 13.1. The smallest absolute Gasteiger partial charge is 0.257 e. The molecule has 0 aliphatic carbocycles. The van der Waals surface area contributed by atoms with Crippen molar-refractivity contribution in [2.24, 2.45) is 5.92 Å². The van der Waals surface area contributed by atoms with Gasteiger partial charge in [0.1, 0.15) is 0 Å². The number of para-hydroxylation sites is 1. The van der Waals surface area contributed by atoms with Crippen LogP contribution in [0.5, 0.6) is 11.5 Å². The minimum Gasteiger partial charge on any atom is -0.504 e. The van der Waals surface area contributed by atoms with E-state index in [0.717, 1.165) is 18.2 Å². The van der Waals surface area contributed by atoms with Crippen molar-refractivity contribution in [3.8, 4) is 11.5 Å². The number of rotatable bonds is 2. The maximum absolute atomic E-state index is 12.3. The van der Waals surface area contributed by atoms with Crippen molar-refractivity contribution in [3.63, 3.8) is 0 Å². The quantitative estimate of drug-likeness (QED) is 0.651. The predicted octanol–water partition coefficient (Wildman–Crippen LogP) is 2.34. The number of carbonyl (C=O) groups excluding carboxylic acids is 1. The molecule has 1 aliphatic rings. The van der Waals surface area contributed by atoms with Gasteiger partial charge in [-0.2, -0.15) is 0 Å². The first kappa shape index (κ1) is 13.2. The molecule has 1 fully saturated rings. The summed E-state index contributed by atoms with van der Waals surface area (Å²) in [6.07, 6.45) is 2.09. The van der Waals surface area contributed by atoms with Crippen LogP contribution in [0.1, 0.15) is 23.2 Å². The molecule has 1 aromatic carbocycles. The molecule has 0 saturated carbocycles. The van der Waals surface area contributed by atoms with Crippen LogP contribution >= 0.6 is 15.9 Å². The predicted molar refractivity (Wildman–Crippen MR) is 72.2 cm³/mol. The van der Waals surface area contributed by atoms with Gasteiger partial charge < -0.3 is 15.1 Å². The highest BCUT2D eigenvalue weighted by atomic mass is 79.9. The summed E-state index contributed by atoms with van der Waals surface area (Å²) in [6.45, 7) is 1.40. The Bertz CT molecular complexity index is 450. The lowest BCUT2D eigenvalue weighted by molar-refractivity contribution is 0.0682. The number of phenols is 2. The molecule has 1 aliphatic heterocycles. The Morgan fingerprint density at radius 2 is 2.22 bits per heavy atom. The van der Waals surface area contributed by atoms with Crippen molar-refractivity contribution in [3.05, 3.63) is 23.8 Å². The first-order valence-electron chi connectivity index (χ1n) is 5.99. The lowest BCUT2D eigenvalue weighted by atomic mass is 9.99. The summed E-state index contributed by atoms with van der Waals surface area (Å²) < 4.78 is 0. The number of piperidine rings is 1. The van der Waals surface area contributed by atoms with Gasteiger partial charge in [0, 0.05) is 18.4 Å². The number of hydrogen-bond donors (Lipinski definition) is 2. The van der Waals surface area contributed by atoms with Crippen molar-refractivity contribution in [2.45, 2.75) is 12.8 Å². The Morgan fingerprint density at radius 3 is 2.94 bits per heavy atom. The summed E-state index contributed by atoms with van der Waals surface area (Å²) in [5, 5.41) is 20.0. The second kappa shape index (κ2) is 5.61. The molecule has 4 nitrogen and oxygen atoms in total. The SMILES string of the molecule is O=C(c1cccc(O)c1O)N1CCCC(CBr)C1. The average molecular weight is 314 g/mol. The molecule has 18 heavy (non-hydrogen) atoms. The number of alkyl halides is 1. The van der Waals surface area contributed by atoms with Gasteiger partial charge in [0.2, 0.25) is 0 Å². The molecule has 0 aromatic heterocycles. The summed E-state index contributed by atoms with van der Waals surface area (Å²) in [7, 11) is 0. The van der Waals surface area contributed by atoms with E-state index in [-0.39, 0.29) is 23.0 Å². The summed E-state index contributed by atoms with van der Waals surface area (Å²) in [5.74, 6) is -0.338. The molecule has 1 amide bonds. The van der Waals surface area contributed by atoms with E-state index in [1.165, 1.54) is 12.1 Å². The third-order valence-electron chi connectivity index (χ3n) is 3.27. The summed E-state index contributed by atoms with van der Waals surface area (Å²) in [6, 6.07) is 4.47. The molecule has 2 N–H and O–H groups in total. The third-order valence-corrected chi connectivity index (χ3v) is 4.19. The molecule has 1 heterocycles. The fraction of sp³-hybridized carbons (Fsp3) is 0.462. The normalized spacial score (nSPS) is 19.8. The van der Waals surface area contributed by atoms with Crippen LogP contribution in [0.15, 0.2) is 18.2 Å². The van der Waals surface area contributed by atoms with Crippen LogP contribution in [0.2, 0.25) is 0 Å². The maximum Gasteiger partial charge on any atom is 0.257 e. The van der Waals surface area contributed by atoms with E-state index in [4.69, 9.17) is 0 Å². The number of likely N-dealkylation sites (tertiary alicyclic amines) is 1. The molecule has 0 radical (unpaired) electrons. The Morgan fingerprint density at radius 1 is 1.44 bits per heavy atom. The van der Waals surface area contributed by atoms with Crippen LogP contribution in [0.4, 0.5) is 0 Å². The molecule has 1 atom stereocenters. The number of phenolic OH excluding ortho intramolecular Hbond substituents is 2. The number of aromatic hydroxyl groups is 2. The van der Waals surface area contributed by atoms with Crippen molar-refractivity contribution in [2.75, 3.05) is 18.4 Å². The van der Waals surface area contributed by atoms with Gasteiger partial charge in [-0.25, -0.2) is 0 Å². The monoisotopic (exact) mass is 313 g/mol. The second-order valence-electron chi connectivity index (χ2n) is 4.59. The molecule has 1 saturated heterocycles. The van der Waals surface area contributed by atoms with Gasteiger partial charge in [-0.15, -0.1) is 0 Å². The molecular weight excluding hydrogens is 298 g/mol. The van der Waals surface area contributed by atoms with Crippen molar-refractivity contribution in [1.82, 2.24) is 4.90 Å². The van der Waals surface area contributed by atoms with Crippen LogP contribution in [0.25, 0.3) is 0 Å². The van der Waals surface area contributed by atoms with Gasteiger partial charge in [0.05, 0.1) is 5.56 Å². The fourth-order valence-electron chi connectivity index (χ4n) is 2.25. The number of halogens is 1. The fourth-order valence-corrected chi connectivity index (χ4v) is 2.78. The van der Waals surface area contributed by atoms with Gasteiger partial charge >= 0.3 is 0 Å². The number of amides is 1. The summed E-state index contributed by atoms with van der Waals surface area (Å²) in [5.41, 5.74) is 0.172. The Kier molecular flexibility index (Phi) is 4.11. The molecule has 5 heteroatoms.